The number of carbonyl (C=O) groups is 2. The van der Waals surface area contributed by atoms with E-state index in [1.165, 1.54) is 6.07 Å². The normalized spacial score (nSPS) is 21.9. The van der Waals surface area contributed by atoms with Crippen LogP contribution in [0.15, 0.2) is 24.3 Å². The van der Waals surface area contributed by atoms with Gasteiger partial charge in [-0.1, -0.05) is 32.0 Å². The molecule has 3 rings (SSSR count). The number of hydrogen-bond donors (Lipinski definition) is 1. The van der Waals surface area contributed by atoms with Gasteiger partial charge in [-0.15, -0.1) is 0 Å². The Hall–Kier alpha value is -1.91. The number of amides is 2. The number of carbonyl (C=O) groups excluding carboxylic acids is 2. The van der Waals surface area contributed by atoms with Crippen LogP contribution in [-0.2, 0) is 16.0 Å². The summed E-state index contributed by atoms with van der Waals surface area (Å²) in [7, 11) is 0. The highest BCUT2D eigenvalue weighted by atomic mass is 19.1. The summed E-state index contributed by atoms with van der Waals surface area (Å²) in [6.45, 7) is 5.03. The Morgan fingerprint density at radius 1 is 1.32 bits per heavy atom. The monoisotopic (exact) mass is 346 g/mol. The van der Waals surface area contributed by atoms with E-state index in [0.717, 1.165) is 32.2 Å². The number of rotatable bonds is 5. The topological polar surface area (TPSA) is 49.4 Å². The van der Waals surface area contributed by atoms with Crippen molar-refractivity contribution in [3.63, 3.8) is 0 Å². The molecule has 1 saturated carbocycles. The van der Waals surface area contributed by atoms with Crippen molar-refractivity contribution in [2.24, 2.45) is 11.3 Å². The molecule has 1 aromatic carbocycles. The lowest BCUT2D eigenvalue weighted by atomic mass is 9.93. The molecule has 1 aliphatic heterocycles. The molecular formula is C20H27FN2O2. The molecule has 0 radical (unpaired) electrons. The van der Waals surface area contributed by atoms with Crippen LogP contribution in [0.3, 0.4) is 0 Å². The zero-order valence-corrected chi connectivity index (χ0v) is 15.1. The number of piperidine rings is 1. The highest BCUT2D eigenvalue weighted by Crippen LogP contribution is 2.50. The maximum atomic E-state index is 14.0. The summed E-state index contributed by atoms with van der Waals surface area (Å²) < 4.78 is 14.0. The first-order valence-electron chi connectivity index (χ1n) is 9.24. The first-order valence-corrected chi connectivity index (χ1v) is 9.24. The average Bonchev–Trinajstić information content (AvgIpc) is 3.37. The Kier molecular flexibility index (Phi) is 5.11. The van der Waals surface area contributed by atoms with Crippen molar-refractivity contribution in [2.75, 3.05) is 13.1 Å². The molecule has 0 bridgehead atoms. The summed E-state index contributed by atoms with van der Waals surface area (Å²) in [5.41, 5.74) is 0.182. The van der Waals surface area contributed by atoms with E-state index < -0.39 is 5.41 Å². The second kappa shape index (κ2) is 7.14. The van der Waals surface area contributed by atoms with E-state index in [2.05, 4.69) is 5.32 Å². The van der Waals surface area contributed by atoms with Crippen LogP contribution in [0.1, 0.15) is 45.1 Å². The van der Waals surface area contributed by atoms with Crippen LogP contribution in [0, 0.1) is 17.2 Å². The predicted octanol–water partition coefficient (Wildman–Crippen LogP) is 2.91. The van der Waals surface area contributed by atoms with E-state index in [9.17, 15) is 14.0 Å². The second-order valence-electron chi connectivity index (χ2n) is 7.80. The number of halogens is 1. The zero-order chi connectivity index (χ0) is 18.0. The van der Waals surface area contributed by atoms with Gasteiger partial charge in [0.05, 0.1) is 5.41 Å². The van der Waals surface area contributed by atoms with Gasteiger partial charge in [-0.2, -0.15) is 0 Å². The van der Waals surface area contributed by atoms with E-state index in [0.29, 0.717) is 18.5 Å². The van der Waals surface area contributed by atoms with Crippen LogP contribution in [0.5, 0.6) is 0 Å². The number of likely N-dealkylation sites (tertiary alicyclic amines) is 1. The molecule has 4 nitrogen and oxygen atoms in total. The summed E-state index contributed by atoms with van der Waals surface area (Å²) >= 11 is 0. The number of nitrogens with zero attached hydrogens (tertiary/aromatic N) is 1. The summed E-state index contributed by atoms with van der Waals surface area (Å²) in [6, 6.07) is 6.74. The van der Waals surface area contributed by atoms with Gasteiger partial charge in [-0.3, -0.25) is 9.59 Å². The van der Waals surface area contributed by atoms with Crippen molar-refractivity contribution >= 4 is 11.8 Å². The van der Waals surface area contributed by atoms with Crippen LogP contribution in [-0.4, -0.2) is 35.8 Å². The highest BCUT2D eigenvalue weighted by molar-refractivity contribution is 5.86. The van der Waals surface area contributed by atoms with Gasteiger partial charge >= 0.3 is 0 Å². The van der Waals surface area contributed by atoms with Gasteiger partial charge < -0.3 is 10.2 Å². The molecule has 2 amide bonds. The van der Waals surface area contributed by atoms with E-state index in [1.54, 1.807) is 12.1 Å². The van der Waals surface area contributed by atoms with Crippen molar-refractivity contribution in [1.29, 1.82) is 0 Å². The summed E-state index contributed by atoms with van der Waals surface area (Å²) in [4.78, 5) is 26.9. The first-order chi connectivity index (χ1) is 11.9. The van der Waals surface area contributed by atoms with E-state index in [-0.39, 0.29) is 29.6 Å². The van der Waals surface area contributed by atoms with E-state index in [4.69, 9.17) is 0 Å². The SMILES string of the molecule is CC(C)C(=O)NC1CCCN(C(=O)C2(Cc3ccccc3F)CC2)C1. The molecule has 2 fully saturated rings. The Balaban J connectivity index is 1.64. The maximum absolute atomic E-state index is 14.0. The molecule has 1 unspecified atom stereocenters. The van der Waals surface area contributed by atoms with Gasteiger partial charge in [-0.05, 0) is 43.7 Å². The quantitative estimate of drug-likeness (QED) is 0.891. The Labute approximate surface area is 148 Å². The lowest BCUT2D eigenvalue weighted by Gasteiger charge is -2.36. The van der Waals surface area contributed by atoms with Crippen LogP contribution in [0.25, 0.3) is 0 Å². The molecule has 1 aliphatic carbocycles. The number of benzene rings is 1. The minimum Gasteiger partial charge on any atom is -0.351 e. The smallest absolute Gasteiger partial charge is 0.229 e. The summed E-state index contributed by atoms with van der Waals surface area (Å²) in [5.74, 6) is -0.129. The molecule has 5 heteroatoms. The first kappa shape index (κ1) is 17.9. The fourth-order valence-electron chi connectivity index (χ4n) is 3.61. The van der Waals surface area contributed by atoms with Crippen LogP contribution in [0.4, 0.5) is 4.39 Å². The number of hydrogen-bond acceptors (Lipinski definition) is 2. The van der Waals surface area contributed by atoms with Crippen LogP contribution < -0.4 is 5.32 Å². The van der Waals surface area contributed by atoms with Crippen molar-refractivity contribution in [2.45, 2.75) is 52.0 Å². The van der Waals surface area contributed by atoms with E-state index in [1.807, 2.05) is 24.8 Å². The van der Waals surface area contributed by atoms with Crippen molar-refractivity contribution in [1.82, 2.24) is 10.2 Å². The third-order valence-corrected chi connectivity index (χ3v) is 5.37. The maximum Gasteiger partial charge on any atom is 0.229 e. The van der Waals surface area contributed by atoms with Crippen molar-refractivity contribution < 1.29 is 14.0 Å². The van der Waals surface area contributed by atoms with Crippen LogP contribution in [0.2, 0.25) is 0 Å². The Morgan fingerprint density at radius 2 is 2.04 bits per heavy atom. The van der Waals surface area contributed by atoms with Gasteiger partial charge in [0.1, 0.15) is 5.82 Å². The lowest BCUT2D eigenvalue weighted by Crippen LogP contribution is -2.52. The standard InChI is InChI=1S/C20H27FN2O2/c1-14(2)18(24)22-16-7-5-11-23(13-16)19(25)20(9-10-20)12-15-6-3-4-8-17(15)21/h3-4,6,8,14,16H,5,7,9-13H2,1-2H3,(H,22,24). The predicted molar refractivity (Wildman–Crippen MR) is 94.4 cm³/mol. The average molecular weight is 346 g/mol. The van der Waals surface area contributed by atoms with Crippen LogP contribution >= 0.6 is 0 Å². The molecule has 1 heterocycles. The summed E-state index contributed by atoms with van der Waals surface area (Å²) in [6.07, 6.45) is 3.91. The summed E-state index contributed by atoms with van der Waals surface area (Å²) in [5, 5.41) is 3.04. The van der Waals surface area contributed by atoms with Gasteiger partial charge in [0.2, 0.25) is 11.8 Å². The third-order valence-electron chi connectivity index (χ3n) is 5.37. The molecule has 2 aliphatic rings. The molecular weight excluding hydrogens is 319 g/mol. The van der Waals surface area contributed by atoms with Crippen molar-refractivity contribution in [3.8, 4) is 0 Å². The Morgan fingerprint density at radius 3 is 2.68 bits per heavy atom. The van der Waals surface area contributed by atoms with Gasteiger partial charge in [0.25, 0.3) is 0 Å². The molecule has 1 atom stereocenters. The molecule has 25 heavy (non-hydrogen) atoms. The fraction of sp³-hybridized carbons (Fsp3) is 0.600. The van der Waals surface area contributed by atoms with Gasteiger partial charge in [-0.25, -0.2) is 4.39 Å². The largest absolute Gasteiger partial charge is 0.351 e. The number of nitrogens with one attached hydrogen (secondary N) is 1. The molecule has 0 aromatic heterocycles. The minimum absolute atomic E-state index is 0.0249. The van der Waals surface area contributed by atoms with Gasteiger partial charge in [0.15, 0.2) is 0 Å². The molecule has 1 saturated heterocycles. The second-order valence-corrected chi connectivity index (χ2v) is 7.80. The zero-order valence-electron chi connectivity index (χ0n) is 15.1. The highest BCUT2D eigenvalue weighted by Gasteiger charge is 2.52. The van der Waals surface area contributed by atoms with E-state index >= 15 is 0 Å². The lowest BCUT2D eigenvalue weighted by molar-refractivity contribution is -0.139. The van der Waals surface area contributed by atoms with Gasteiger partial charge in [0, 0.05) is 25.0 Å². The molecule has 1 N–H and O–H groups in total. The third kappa shape index (κ3) is 4.02. The molecule has 1 aromatic rings. The molecule has 0 spiro atoms. The Bertz CT molecular complexity index is 655. The molecule has 136 valence electrons. The van der Waals surface area contributed by atoms with Crippen molar-refractivity contribution in [3.05, 3.63) is 35.6 Å². The minimum atomic E-state index is -0.438. The fourth-order valence-corrected chi connectivity index (χ4v) is 3.61.